The molecule has 1 amide bonds. The van der Waals surface area contributed by atoms with Gasteiger partial charge in [-0.25, -0.2) is 14.8 Å². The van der Waals surface area contributed by atoms with Crippen LogP contribution in [0.1, 0.15) is 87.7 Å². The van der Waals surface area contributed by atoms with Gasteiger partial charge >= 0.3 is 5.97 Å². The number of ketones is 1. The van der Waals surface area contributed by atoms with Crippen LogP contribution in [0.4, 0.5) is 0 Å². The lowest BCUT2D eigenvalue weighted by atomic mass is 9.85. The number of aromatic nitrogens is 2. The topological polar surface area (TPSA) is 144 Å². The van der Waals surface area contributed by atoms with E-state index in [1.54, 1.807) is 24.5 Å². The molecule has 0 unspecified atom stereocenters. The van der Waals surface area contributed by atoms with Crippen LogP contribution in [-0.2, 0) is 21.4 Å². The summed E-state index contributed by atoms with van der Waals surface area (Å²) in [7, 11) is 0. The Labute approximate surface area is 295 Å². The Kier molecular flexibility index (Phi) is 13.8. The molecule has 4 rings (SSSR count). The van der Waals surface area contributed by atoms with Crippen molar-refractivity contribution >= 4 is 17.7 Å². The largest absolute Gasteiger partial charge is 0.494 e. The fraction of sp³-hybridized carbons (Fsp3) is 0.390. The van der Waals surface area contributed by atoms with Crippen molar-refractivity contribution in [3.05, 3.63) is 102 Å². The van der Waals surface area contributed by atoms with Gasteiger partial charge in [-0.05, 0) is 47.1 Å². The lowest BCUT2D eigenvalue weighted by Gasteiger charge is -2.21. The summed E-state index contributed by atoms with van der Waals surface area (Å²) >= 11 is 0. The summed E-state index contributed by atoms with van der Waals surface area (Å²) in [5.74, 6) is -1.36. The fourth-order valence-electron chi connectivity index (χ4n) is 5.61. The molecule has 0 saturated heterocycles. The van der Waals surface area contributed by atoms with E-state index in [4.69, 9.17) is 10.5 Å². The molecule has 0 saturated carbocycles. The van der Waals surface area contributed by atoms with Crippen LogP contribution >= 0.6 is 0 Å². The number of nitrogens with two attached hydrogens (primary N) is 1. The Morgan fingerprint density at radius 1 is 0.820 bits per heavy atom. The number of nitrogens with one attached hydrogen (secondary N) is 1. The van der Waals surface area contributed by atoms with Gasteiger partial charge in [-0.1, -0.05) is 114 Å². The number of aliphatic carboxylic acids is 1. The number of ether oxygens (including phenoxy) is 1. The smallest absolute Gasteiger partial charge is 0.327 e. The predicted octanol–water partition coefficient (Wildman–Crippen LogP) is 7.42. The molecule has 0 fully saturated rings. The van der Waals surface area contributed by atoms with Crippen LogP contribution in [0.5, 0.6) is 5.75 Å². The van der Waals surface area contributed by atoms with Crippen LogP contribution in [-0.4, -0.2) is 51.9 Å². The number of benzene rings is 3. The number of carboxylic acid groups (broad SMARTS) is 1. The molecule has 0 spiro atoms. The van der Waals surface area contributed by atoms with E-state index in [1.165, 1.54) is 25.7 Å². The number of hydrogen-bond donors (Lipinski definition) is 3. The second-order valence-corrected chi connectivity index (χ2v) is 13.8. The third kappa shape index (κ3) is 11.1. The highest BCUT2D eigenvalue weighted by molar-refractivity contribution is 5.99. The van der Waals surface area contributed by atoms with Crippen LogP contribution < -0.4 is 15.8 Å². The number of carbonyl (C=O) groups excluding carboxylic acids is 2. The second kappa shape index (κ2) is 18.2. The molecule has 3 aromatic carbocycles. The van der Waals surface area contributed by atoms with Gasteiger partial charge in [0, 0.05) is 48.0 Å². The summed E-state index contributed by atoms with van der Waals surface area (Å²) in [6, 6.07) is 21.6. The Hall–Kier alpha value is -4.89. The van der Waals surface area contributed by atoms with Crippen molar-refractivity contribution < 1.29 is 24.2 Å². The monoisotopic (exact) mass is 678 g/mol. The van der Waals surface area contributed by atoms with Gasteiger partial charge in [-0.2, -0.15) is 0 Å². The number of rotatable bonds is 18. The molecule has 0 bridgehead atoms. The van der Waals surface area contributed by atoms with Crippen molar-refractivity contribution in [1.29, 1.82) is 0 Å². The van der Waals surface area contributed by atoms with E-state index in [-0.39, 0.29) is 30.6 Å². The predicted molar refractivity (Wildman–Crippen MR) is 197 cm³/mol. The van der Waals surface area contributed by atoms with E-state index in [2.05, 4.69) is 43.0 Å². The maximum Gasteiger partial charge on any atom is 0.327 e. The van der Waals surface area contributed by atoms with Crippen molar-refractivity contribution in [2.45, 2.75) is 84.1 Å². The van der Waals surface area contributed by atoms with E-state index >= 15 is 0 Å². The first-order valence-electron chi connectivity index (χ1n) is 17.5. The van der Waals surface area contributed by atoms with Crippen molar-refractivity contribution in [3.63, 3.8) is 0 Å². The Morgan fingerprint density at radius 3 is 2.02 bits per heavy atom. The maximum atomic E-state index is 13.3. The molecular formula is C41H50N4O5. The highest BCUT2D eigenvalue weighted by atomic mass is 16.5. The highest BCUT2D eigenvalue weighted by Gasteiger charge is 2.27. The lowest BCUT2D eigenvalue weighted by Crippen LogP contribution is -2.48. The van der Waals surface area contributed by atoms with E-state index < -0.39 is 23.8 Å². The zero-order valence-corrected chi connectivity index (χ0v) is 29.7. The molecule has 2 atom stereocenters. The average molecular weight is 679 g/mol. The molecule has 0 aliphatic rings. The van der Waals surface area contributed by atoms with E-state index in [1.807, 2.05) is 60.7 Å². The third-order valence-corrected chi connectivity index (χ3v) is 8.78. The Morgan fingerprint density at radius 2 is 1.44 bits per heavy atom. The standard InChI is InChI=1S/C41H50N4O5/c1-5-6-7-8-9-22-50-35-20-16-29(17-21-35)33-26-43-38(44-27-33)31-12-10-28(11-13-31)23-32(39(47)45-36(25-42)40(48)49)24-37(46)30-14-18-34(19-15-30)41(2,3)4/h10-21,26-27,32,36H,5-9,22-25,42H2,1-4H3,(H,45,47)(H,48,49)/t32-,36+/m1/s1. The zero-order chi connectivity index (χ0) is 36.1. The second-order valence-electron chi connectivity index (χ2n) is 13.8. The number of nitrogens with zero attached hydrogens (tertiary/aromatic N) is 2. The number of hydrogen-bond acceptors (Lipinski definition) is 7. The average Bonchev–Trinajstić information content (AvgIpc) is 3.12. The van der Waals surface area contributed by atoms with Crippen molar-refractivity contribution in [1.82, 2.24) is 15.3 Å². The van der Waals surface area contributed by atoms with Crippen LogP contribution in [0.15, 0.2) is 85.2 Å². The third-order valence-electron chi connectivity index (χ3n) is 8.78. The summed E-state index contributed by atoms with van der Waals surface area (Å²) in [5.41, 5.74) is 10.6. The van der Waals surface area contributed by atoms with Crippen LogP contribution in [0.25, 0.3) is 22.5 Å². The lowest BCUT2D eigenvalue weighted by molar-refractivity contribution is -0.142. The molecule has 0 aliphatic heterocycles. The SMILES string of the molecule is CCCCCCCOc1ccc(-c2cnc(-c3ccc(C[C@H](CC(=O)c4ccc(C(C)(C)C)cc4)C(=O)N[C@@H](CN)C(=O)O)cc3)nc2)cc1. The first kappa shape index (κ1) is 37.9. The Balaban J connectivity index is 1.41. The number of unbranched alkanes of at least 4 members (excludes halogenated alkanes) is 4. The van der Waals surface area contributed by atoms with Gasteiger partial charge in [-0.3, -0.25) is 9.59 Å². The molecule has 9 nitrogen and oxygen atoms in total. The highest BCUT2D eigenvalue weighted by Crippen LogP contribution is 2.26. The summed E-state index contributed by atoms with van der Waals surface area (Å²) in [6.45, 7) is 8.96. The number of carbonyl (C=O) groups is 3. The van der Waals surface area contributed by atoms with Gasteiger partial charge in [-0.15, -0.1) is 0 Å². The minimum absolute atomic E-state index is 0.0635. The first-order valence-corrected chi connectivity index (χ1v) is 17.5. The Bertz CT molecular complexity index is 1680. The van der Waals surface area contributed by atoms with Gasteiger partial charge < -0.3 is 20.9 Å². The van der Waals surface area contributed by atoms with Gasteiger partial charge in [0.25, 0.3) is 0 Å². The number of Topliss-reactive ketones (excluding diaryl/α,β-unsaturated/α-hetero) is 1. The summed E-state index contributed by atoms with van der Waals surface area (Å²) in [6.07, 6.45) is 9.72. The van der Waals surface area contributed by atoms with Gasteiger partial charge in [0.15, 0.2) is 11.6 Å². The molecular weight excluding hydrogens is 628 g/mol. The first-order chi connectivity index (χ1) is 24.0. The number of carboxylic acids is 1. The van der Waals surface area contributed by atoms with Gasteiger partial charge in [0.2, 0.25) is 5.91 Å². The van der Waals surface area contributed by atoms with E-state index in [0.29, 0.717) is 11.4 Å². The van der Waals surface area contributed by atoms with E-state index in [9.17, 15) is 19.5 Å². The summed E-state index contributed by atoms with van der Waals surface area (Å²) in [5, 5.41) is 12.0. The summed E-state index contributed by atoms with van der Waals surface area (Å²) < 4.78 is 5.89. The molecule has 50 heavy (non-hydrogen) atoms. The van der Waals surface area contributed by atoms with Crippen molar-refractivity contribution in [2.24, 2.45) is 11.7 Å². The number of amides is 1. The molecule has 264 valence electrons. The molecule has 9 heteroatoms. The molecule has 1 aromatic heterocycles. The molecule has 0 radical (unpaired) electrons. The van der Waals surface area contributed by atoms with Crippen molar-refractivity contribution in [3.8, 4) is 28.3 Å². The summed E-state index contributed by atoms with van der Waals surface area (Å²) in [4.78, 5) is 47.4. The van der Waals surface area contributed by atoms with Crippen LogP contribution in [0.3, 0.4) is 0 Å². The van der Waals surface area contributed by atoms with Crippen LogP contribution in [0.2, 0.25) is 0 Å². The van der Waals surface area contributed by atoms with Crippen molar-refractivity contribution in [2.75, 3.05) is 13.2 Å². The minimum Gasteiger partial charge on any atom is -0.494 e. The fourth-order valence-corrected chi connectivity index (χ4v) is 5.61. The molecule has 4 N–H and O–H groups in total. The maximum absolute atomic E-state index is 13.3. The molecule has 1 heterocycles. The van der Waals surface area contributed by atoms with E-state index in [0.717, 1.165) is 46.6 Å². The van der Waals surface area contributed by atoms with Gasteiger partial charge in [0.05, 0.1) is 6.61 Å². The zero-order valence-electron chi connectivity index (χ0n) is 29.7. The van der Waals surface area contributed by atoms with Crippen LogP contribution in [0, 0.1) is 5.92 Å². The quantitative estimate of drug-likeness (QED) is 0.0729. The molecule has 0 aliphatic carbocycles. The minimum atomic E-state index is -1.25. The normalized spacial score (nSPS) is 12.6. The van der Waals surface area contributed by atoms with Gasteiger partial charge in [0.1, 0.15) is 11.8 Å². The molecule has 4 aromatic rings.